The Morgan fingerprint density at radius 2 is 2.09 bits per heavy atom. The maximum absolute atomic E-state index is 12.1. The zero-order valence-corrected chi connectivity index (χ0v) is 11.6. The third-order valence-corrected chi connectivity index (χ3v) is 2.90. The van der Waals surface area contributed by atoms with Gasteiger partial charge in [-0.2, -0.15) is 5.26 Å². The number of hydrogen-bond acceptors (Lipinski definition) is 5. The third kappa shape index (κ3) is 3.19. The van der Waals surface area contributed by atoms with E-state index in [1.54, 1.807) is 12.1 Å². The van der Waals surface area contributed by atoms with Crippen molar-refractivity contribution in [3.05, 3.63) is 63.7 Å². The van der Waals surface area contributed by atoms with E-state index in [0.717, 1.165) is 0 Å². The highest BCUT2D eigenvalue weighted by molar-refractivity contribution is 6.05. The van der Waals surface area contributed by atoms with Gasteiger partial charge in [-0.1, -0.05) is 6.07 Å². The van der Waals surface area contributed by atoms with Crippen molar-refractivity contribution in [3.8, 4) is 11.8 Å². The molecule has 0 heterocycles. The average Bonchev–Trinajstić information content (AvgIpc) is 2.55. The lowest BCUT2D eigenvalue weighted by Gasteiger charge is -2.07. The van der Waals surface area contributed by atoms with Crippen LogP contribution in [0.25, 0.3) is 0 Å². The van der Waals surface area contributed by atoms with Crippen LogP contribution in [-0.4, -0.2) is 17.9 Å². The molecule has 0 saturated heterocycles. The molecular formula is C15H11N3O4. The van der Waals surface area contributed by atoms with Crippen LogP contribution in [0.4, 0.5) is 11.4 Å². The zero-order valence-electron chi connectivity index (χ0n) is 11.6. The number of nitrogens with zero attached hydrogens (tertiary/aromatic N) is 2. The first-order valence-electron chi connectivity index (χ1n) is 6.19. The molecule has 22 heavy (non-hydrogen) atoms. The van der Waals surface area contributed by atoms with E-state index in [9.17, 15) is 14.9 Å². The molecule has 2 rings (SSSR count). The van der Waals surface area contributed by atoms with Gasteiger partial charge in [0.15, 0.2) is 0 Å². The fourth-order valence-electron chi connectivity index (χ4n) is 1.82. The Balaban J connectivity index is 2.32. The van der Waals surface area contributed by atoms with Gasteiger partial charge >= 0.3 is 0 Å². The molecule has 0 aromatic heterocycles. The van der Waals surface area contributed by atoms with E-state index in [4.69, 9.17) is 10.00 Å². The normalized spacial score (nSPS) is 9.64. The molecule has 0 atom stereocenters. The molecule has 0 saturated carbocycles. The Morgan fingerprint density at radius 3 is 2.73 bits per heavy atom. The number of nitro groups is 1. The number of nitrogens with one attached hydrogen (secondary N) is 1. The number of amides is 1. The zero-order chi connectivity index (χ0) is 16.1. The minimum Gasteiger partial charge on any atom is -0.496 e. The summed E-state index contributed by atoms with van der Waals surface area (Å²) in [5, 5.41) is 22.4. The van der Waals surface area contributed by atoms with Crippen molar-refractivity contribution in [2.24, 2.45) is 0 Å². The number of nitro benzene ring substituents is 1. The second-order valence-electron chi connectivity index (χ2n) is 4.29. The molecule has 7 heteroatoms. The van der Waals surface area contributed by atoms with Crippen molar-refractivity contribution in [2.75, 3.05) is 12.4 Å². The molecule has 0 aliphatic carbocycles. The summed E-state index contributed by atoms with van der Waals surface area (Å²) in [4.78, 5) is 22.6. The first-order chi connectivity index (χ1) is 10.5. The van der Waals surface area contributed by atoms with Crippen LogP contribution in [-0.2, 0) is 0 Å². The highest BCUT2D eigenvalue weighted by Gasteiger charge is 2.18. The number of anilines is 1. The van der Waals surface area contributed by atoms with Gasteiger partial charge in [0, 0.05) is 5.56 Å². The first-order valence-corrected chi connectivity index (χ1v) is 6.19. The Bertz CT molecular complexity index is 781. The predicted octanol–water partition coefficient (Wildman–Crippen LogP) is 2.73. The van der Waals surface area contributed by atoms with Crippen LogP contribution >= 0.6 is 0 Å². The maximum Gasteiger partial charge on any atom is 0.296 e. The number of carbonyl (C=O) groups is 1. The molecule has 0 fully saturated rings. The number of benzene rings is 2. The molecule has 2 aromatic carbocycles. The molecule has 0 spiro atoms. The molecule has 1 N–H and O–H groups in total. The summed E-state index contributed by atoms with van der Waals surface area (Å²) in [6.45, 7) is 0. The van der Waals surface area contributed by atoms with Gasteiger partial charge in [0.2, 0.25) is 0 Å². The molecule has 110 valence electrons. The van der Waals surface area contributed by atoms with Crippen LogP contribution in [0.5, 0.6) is 5.75 Å². The smallest absolute Gasteiger partial charge is 0.296 e. The van der Waals surface area contributed by atoms with Crippen LogP contribution < -0.4 is 10.1 Å². The summed E-state index contributed by atoms with van der Waals surface area (Å²) < 4.78 is 4.93. The molecule has 0 aliphatic rings. The van der Waals surface area contributed by atoms with E-state index in [0.29, 0.717) is 11.3 Å². The van der Waals surface area contributed by atoms with E-state index in [-0.39, 0.29) is 16.9 Å². The van der Waals surface area contributed by atoms with E-state index < -0.39 is 10.8 Å². The number of hydrogen-bond donors (Lipinski definition) is 1. The number of carbonyl (C=O) groups excluding carboxylic acids is 1. The summed E-state index contributed by atoms with van der Waals surface area (Å²) >= 11 is 0. The summed E-state index contributed by atoms with van der Waals surface area (Å²) in [6, 6.07) is 12.1. The molecule has 7 nitrogen and oxygen atoms in total. The van der Waals surface area contributed by atoms with E-state index >= 15 is 0 Å². The largest absolute Gasteiger partial charge is 0.496 e. The van der Waals surface area contributed by atoms with Gasteiger partial charge in [0.25, 0.3) is 11.6 Å². The van der Waals surface area contributed by atoms with Crippen molar-refractivity contribution < 1.29 is 14.5 Å². The SMILES string of the molecule is COc1ccc(NC(=O)c2cccc(C#N)c2)c([N+](=O)[O-])c1. The van der Waals surface area contributed by atoms with Crippen molar-refractivity contribution in [3.63, 3.8) is 0 Å². The highest BCUT2D eigenvalue weighted by Crippen LogP contribution is 2.29. The van der Waals surface area contributed by atoms with E-state index in [2.05, 4.69) is 5.32 Å². The summed E-state index contributed by atoms with van der Waals surface area (Å²) in [5.41, 5.74) is 0.350. The topological polar surface area (TPSA) is 105 Å². The van der Waals surface area contributed by atoms with Crippen LogP contribution in [0.3, 0.4) is 0 Å². The summed E-state index contributed by atoms with van der Waals surface area (Å²) in [7, 11) is 1.39. The minimum atomic E-state index is -0.607. The maximum atomic E-state index is 12.1. The quantitative estimate of drug-likeness (QED) is 0.690. The van der Waals surface area contributed by atoms with Crippen LogP contribution in [0.15, 0.2) is 42.5 Å². The van der Waals surface area contributed by atoms with E-state index in [1.807, 2.05) is 6.07 Å². The molecule has 2 aromatic rings. The lowest BCUT2D eigenvalue weighted by molar-refractivity contribution is -0.384. The Morgan fingerprint density at radius 1 is 1.32 bits per heavy atom. The fraction of sp³-hybridized carbons (Fsp3) is 0.0667. The number of rotatable bonds is 4. The number of methoxy groups -OCH3 is 1. The van der Waals surface area contributed by atoms with Crippen LogP contribution in [0.1, 0.15) is 15.9 Å². The summed E-state index contributed by atoms with van der Waals surface area (Å²) in [6.07, 6.45) is 0. The Hall–Kier alpha value is -3.40. The van der Waals surface area contributed by atoms with Gasteiger partial charge in [-0.3, -0.25) is 14.9 Å². The minimum absolute atomic E-state index is 0.0539. The standard InChI is InChI=1S/C15H11N3O4/c1-22-12-5-6-13(14(8-12)18(20)21)17-15(19)11-4-2-3-10(7-11)9-16/h2-8H,1H3,(H,17,19). The van der Waals surface area contributed by atoms with Crippen molar-refractivity contribution in [1.82, 2.24) is 0 Å². The molecule has 0 radical (unpaired) electrons. The van der Waals surface area contributed by atoms with Crippen molar-refractivity contribution in [1.29, 1.82) is 5.26 Å². The highest BCUT2D eigenvalue weighted by atomic mass is 16.6. The predicted molar refractivity (Wildman–Crippen MR) is 78.8 cm³/mol. The first kappa shape index (κ1) is 15.0. The van der Waals surface area contributed by atoms with Gasteiger partial charge in [-0.05, 0) is 30.3 Å². The molecular weight excluding hydrogens is 286 g/mol. The fourth-order valence-corrected chi connectivity index (χ4v) is 1.82. The van der Waals surface area contributed by atoms with Crippen LogP contribution in [0.2, 0.25) is 0 Å². The summed E-state index contributed by atoms with van der Waals surface area (Å²) in [5.74, 6) is -0.221. The van der Waals surface area contributed by atoms with Crippen LogP contribution in [0, 0.1) is 21.4 Å². The molecule has 1 amide bonds. The Kier molecular flexibility index (Phi) is 4.34. The van der Waals surface area contributed by atoms with Gasteiger partial charge in [-0.25, -0.2) is 0 Å². The third-order valence-electron chi connectivity index (χ3n) is 2.90. The number of ether oxygens (including phenoxy) is 1. The number of nitriles is 1. The lowest BCUT2D eigenvalue weighted by atomic mass is 10.1. The van der Waals surface area contributed by atoms with Crippen molar-refractivity contribution >= 4 is 17.3 Å². The van der Waals surface area contributed by atoms with Gasteiger partial charge < -0.3 is 10.1 Å². The lowest BCUT2D eigenvalue weighted by Crippen LogP contribution is -2.13. The molecule has 0 aliphatic heterocycles. The second-order valence-corrected chi connectivity index (χ2v) is 4.29. The molecule has 0 bridgehead atoms. The average molecular weight is 297 g/mol. The second kappa shape index (κ2) is 6.37. The van der Waals surface area contributed by atoms with Gasteiger partial charge in [-0.15, -0.1) is 0 Å². The van der Waals surface area contributed by atoms with Gasteiger partial charge in [0.05, 0.1) is 29.7 Å². The molecule has 0 unspecified atom stereocenters. The van der Waals surface area contributed by atoms with E-state index in [1.165, 1.54) is 37.4 Å². The monoisotopic (exact) mass is 297 g/mol. The van der Waals surface area contributed by atoms with Crippen molar-refractivity contribution in [2.45, 2.75) is 0 Å². The van der Waals surface area contributed by atoms with Gasteiger partial charge in [0.1, 0.15) is 11.4 Å². The Labute approximate surface area is 125 Å².